The second-order valence-corrected chi connectivity index (χ2v) is 5.65. The standard InChI is InChI=1S/C16H19N3/c1-2-11-3-5-12(6-4-11)14-16-15(18-17-14)13-7-9-19(16)10-8-13/h3-6,13H,2,7-10H2,1H3,(H,17,18). The molecule has 3 aliphatic heterocycles. The molecule has 0 atom stereocenters. The molecule has 1 fully saturated rings. The van der Waals surface area contributed by atoms with E-state index in [0.717, 1.165) is 12.1 Å². The number of anilines is 1. The van der Waals surface area contributed by atoms with Crippen molar-refractivity contribution in [3.8, 4) is 11.3 Å². The fourth-order valence-electron chi connectivity index (χ4n) is 3.45. The highest BCUT2D eigenvalue weighted by molar-refractivity contribution is 5.79. The Morgan fingerprint density at radius 1 is 1.21 bits per heavy atom. The van der Waals surface area contributed by atoms with Crippen LogP contribution in [0.2, 0.25) is 0 Å². The molecule has 3 aliphatic rings. The smallest absolute Gasteiger partial charge is 0.116 e. The largest absolute Gasteiger partial charge is 0.368 e. The van der Waals surface area contributed by atoms with E-state index in [1.807, 2.05) is 0 Å². The van der Waals surface area contributed by atoms with Crippen LogP contribution in [0, 0.1) is 0 Å². The summed E-state index contributed by atoms with van der Waals surface area (Å²) in [6, 6.07) is 8.84. The molecule has 2 aromatic rings. The van der Waals surface area contributed by atoms with Gasteiger partial charge in [0.25, 0.3) is 0 Å². The van der Waals surface area contributed by atoms with E-state index in [4.69, 9.17) is 0 Å². The number of piperidine rings is 1. The van der Waals surface area contributed by atoms with Gasteiger partial charge in [0.1, 0.15) is 5.69 Å². The van der Waals surface area contributed by atoms with Gasteiger partial charge < -0.3 is 4.90 Å². The maximum Gasteiger partial charge on any atom is 0.116 e. The van der Waals surface area contributed by atoms with Crippen LogP contribution < -0.4 is 4.90 Å². The molecule has 0 spiro atoms. The van der Waals surface area contributed by atoms with Crippen molar-refractivity contribution in [3.05, 3.63) is 35.5 Å². The molecule has 0 amide bonds. The van der Waals surface area contributed by atoms with E-state index < -0.39 is 0 Å². The number of nitrogens with one attached hydrogen (secondary N) is 1. The van der Waals surface area contributed by atoms with E-state index in [1.54, 1.807) is 0 Å². The van der Waals surface area contributed by atoms with Gasteiger partial charge in [-0.3, -0.25) is 5.10 Å². The summed E-state index contributed by atoms with van der Waals surface area (Å²) in [5, 5.41) is 7.89. The number of hydrogen-bond acceptors (Lipinski definition) is 2. The Bertz CT molecular complexity index is 589. The minimum atomic E-state index is 0.705. The van der Waals surface area contributed by atoms with Crippen LogP contribution in [-0.2, 0) is 6.42 Å². The van der Waals surface area contributed by atoms with Crippen molar-refractivity contribution in [2.24, 2.45) is 0 Å². The van der Waals surface area contributed by atoms with E-state index in [9.17, 15) is 0 Å². The number of benzene rings is 1. The van der Waals surface area contributed by atoms with Crippen LogP contribution in [0.3, 0.4) is 0 Å². The molecule has 0 unspecified atom stereocenters. The van der Waals surface area contributed by atoms with Crippen LogP contribution in [0.4, 0.5) is 5.69 Å². The fourth-order valence-corrected chi connectivity index (χ4v) is 3.45. The molecule has 2 bridgehead atoms. The third-order valence-electron chi connectivity index (χ3n) is 4.62. The zero-order valence-electron chi connectivity index (χ0n) is 11.3. The lowest BCUT2D eigenvalue weighted by atomic mass is 9.86. The third-order valence-corrected chi connectivity index (χ3v) is 4.62. The van der Waals surface area contributed by atoms with Crippen molar-refractivity contribution in [1.29, 1.82) is 0 Å². The SMILES string of the molecule is CCc1ccc(-c2n[nH]c3c2N2CCC3CC2)cc1. The summed E-state index contributed by atoms with van der Waals surface area (Å²) in [6.45, 7) is 4.57. The number of aromatic amines is 1. The average molecular weight is 253 g/mol. The van der Waals surface area contributed by atoms with Gasteiger partial charge in [0.15, 0.2) is 0 Å². The number of aromatic nitrogens is 2. The number of aryl methyl sites for hydroxylation is 1. The number of nitrogens with zero attached hydrogens (tertiary/aromatic N) is 2. The first-order valence-corrected chi connectivity index (χ1v) is 7.29. The van der Waals surface area contributed by atoms with Crippen LogP contribution in [0.15, 0.2) is 24.3 Å². The van der Waals surface area contributed by atoms with E-state index in [0.29, 0.717) is 5.92 Å². The van der Waals surface area contributed by atoms with Gasteiger partial charge in [-0.05, 0) is 24.8 Å². The minimum Gasteiger partial charge on any atom is -0.368 e. The van der Waals surface area contributed by atoms with E-state index >= 15 is 0 Å². The van der Waals surface area contributed by atoms with E-state index in [2.05, 4.69) is 46.3 Å². The first-order chi connectivity index (χ1) is 9.36. The molecule has 1 aromatic heterocycles. The summed E-state index contributed by atoms with van der Waals surface area (Å²) >= 11 is 0. The van der Waals surface area contributed by atoms with Gasteiger partial charge in [0.05, 0.1) is 11.4 Å². The molecule has 1 aromatic carbocycles. The summed E-state index contributed by atoms with van der Waals surface area (Å²) in [6.07, 6.45) is 3.65. The molecular weight excluding hydrogens is 234 g/mol. The summed E-state index contributed by atoms with van der Waals surface area (Å²) in [5.74, 6) is 0.705. The van der Waals surface area contributed by atoms with Gasteiger partial charge in [0, 0.05) is 24.6 Å². The highest BCUT2D eigenvalue weighted by Crippen LogP contribution is 2.45. The first kappa shape index (κ1) is 11.1. The molecular formula is C16H19N3. The zero-order chi connectivity index (χ0) is 12.8. The quantitative estimate of drug-likeness (QED) is 0.890. The summed E-state index contributed by atoms with van der Waals surface area (Å²) in [4.78, 5) is 2.50. The predicted octanol–water partition coefficient (Wildman–Crippen LogP) is 3.34. The van der Waals surface area contributed by atoms with Gasteiger partial charge in [-0.2, -0.15) is 5.10 Å². The Morgan fingerprint density at radius 3 is 2.63 bits per heavy atom. The van der Waals surface area contributed by atoms with Crippen LogP contribution in [-0.4, -0.2) is 23.3 Å². The van der Waals surface area contributed by atoms with Crippen LogP contribution in [0.1, 0.15) is 36.9 Å². The highest BCUT2D eigenvalue weighted by atomic mass is 15.2. The van der Waals surface area contributed by atoms with Crippen molar-refractivity contribution in [2.75, 3.05) is 18.0 Å². The van der Waals surface area contributed by atoms with E-state index in [-0.39, 0.29) is 0 Å². The monoisotopic (exact) mass is 253 g/mol. The molecule has 1 saturated heterocycles. The molecule has 19 heavy (non-hydrogen) atoms. The summed E-state index contributed by atoms with van der Waals surface area (Å²) < 4.78 is 0. The number of hydrogen-bond donors (Lipinski definition) is 1. The Labute approximate surface area is 113 Å². The molecule has 3 nitrogen and oxygen atoms in total. The number of fused-ring (bicyclic) bond motifs is 2. The molecule has 4 heterocycles. The zero-order valence-corrected chi connectivity index (χ0v) is 11.3. The molecule has 0 aliphatic carbocycles. The summed E-state index contributed by atoms with van der Waals surface area (Å²) in [5.41, 5.74) is 6.50. The highest BCUT2D eigenvalue weighted by Gasteiger charge is 2.35. The predicted molar refractivity (Wildman–Crippen MR) is 77.6 cm³/mol. The Balaban J connectivity index is 1.80. The van der Waals surface area contributed by atoms with Crippen LogP contribution in [0.25, 0.3) is 11.3 Å². The van der Waals surface area contributed by atoms with Crippen LogP contribution >= 0.6 is 0 Å². The average Bonchev–Trinajstić information content (AvgIpc) is 2.95. The van der Waals surface area contributed by atoms with Crippen molar-refractivity contribution in [2.45, 2.75) is 32.1 Å². The van der Waals surface area contributed by atoms with Gasteiger partial charge in [-0.15, -0.1) is 0 Å². The molecule has 3 heteroatoms. The van der Waals surface area contributed by atoms with Gasteiger partial charge in [-0.1, -0.05) is 31.2 Å². The van der Waals surface area contributed by atoms with Crippen LogP contribution in [0.5, 0.6) is 0 Å². The van der Waals surface area contributed by atoms with Crippen molar-refractivity contribution in [3.63, 3.8) is 0 Å². The number of rotatable bonds is 2. The molecule has 98 valence electrons. The van der Waals surface area contributed by atoms with Crippen molar-refractivity contribution < 1.29 is 0 Å². The first-order valence-electron chi connectivity index (χ1n) is 7.29. The van der Waals surface area contributed by atoms with E-state index in [1.165, 1.54) is 48.4 Å². The lowest BCUT2D eigenvalue weighted by molar-refractivity contribution is 0.466. The summed E-state index contributed by atoms with van der Waals surface area (Å²) in [7, 11) is 0. The fraction of sp³-hybridized carbons (Fsp3) is 0.438. The van der Waals surface area contributed by atoms with Gasteiger partial charge in [-0.25, -0.2) is 0 Å². The second-order valence-electron chi connectivity index (χ2n) is 5.65. The Morgan fingerprint density at radius 2 is 1.95 bits per heavy atom. The molecule has 0 saturated carbocycles. The lowest BCUT2D eigenvalue weighted by Crippen LogP contribution is -2.38. The molecule has 0 radical (unpaired) electrons. The number of H-pyrrole nitrogens is 1. The van der Waals surface area contributed by atoms with Crippen molar-refractivity contribution >= 4 is 5.69 Å². The Hall–Kier alpha value is -1.77. The topological polar surface area (TPSA) is 31.9 Å². The Kier molecular flexibility index (Phi) is 2.40. The second kappa shape index (κ2) is 4.12. The van der Waals surface area contributed by atoms with Gasteiger partial charge in [0.2, 0.25) is 0 Å². The minimum absolute atomic E-state index is 0.705. The van der Waals surface area contributed by atoms with Crippen molar-refractivity contribution in [1.82, 2.24) is 10.2 Å². The van der Waals surface area contributed by atoms with Gasteiger partial charge >= 0.3 is 0 Å². The lowest BCUT2D eigenvalue weighted by Gasteiger charge is -2.40. The molecule has 1 N–H and O–H groups in total. The molecule has 5 rings (SSSR count). The normalized spacial score (nSPS) is 17.8. The third kappa shape index (κ3) is 1.61. The maximum absolute atomic E-state index is 4.60. The maximum atomic E-state index is 4.60.